The van der Waals surface area contributed by atoms with Gasteiger partial charge in [-0.25, -0.2) is 4.98 Å². The van der Waals surface area contributed by atoms with Gasteiger partial charge < -0.3 is 10.3 Å². The van der Waals surface area contributed by atoms with Crippen LogP contribution in [-0.4, -0.2) is 16.5 Å². The minimum absolute atomic E-state index is 0.392. The molecule has 0 amide bonds. The third-order valence-corrected chi connectivity index (χ3v) is 3.94. The first-order chi connectivity index (χ1) is 8.15. The summed E-state index contributed by atoms with van der Waals surface area (Å²) in [6, 6.07) is 4.76. The van der Waals surface area contributed by atoms with Crippen molar-refractivity contribution in [2.75, 3.05) is 6.54 Å². The number of hydrogen-bond acceptors (Lipinski definition) is 2. The Morgan fingerprint density at radius 2 is 2.00 bits per heavy atom. The van der Waals surface area contributed by atoms with E-state index in [0.717, 1.165) is 23.4 Å². The third-order valence-electron chi connectivity index (χ3n) is 3.94. The lowest BCUT2D eigenvalue weighted by Crippen LogP contribution is -2.17. The second-order valence-electron chi connectivity index (χ2n) is 5.27. The first kappa shape index (κ1) is 10.8. The first-order valence-corrected chi connectivity index (χ1v) is 6.35. The van der Waals surface area contributed by atoms with Gasteiger partial charge in [0.2, 0.25) is 0 Å². The number of rotatable bonds is 1. The van der Waals surface area contributed by atoms with Crippen molar-refractivity contribution in [3.63, 3.8) is 0 Å². The standard InChI is InChI=1S/C14H19N3/c1-8-4-5-15-13(8)14-16-11-6-9(2)10(3)7-12(11)17-14/h6-8,13,15H,4-5H2,1-3H3,(H,16,17). The topological polar surface area (TPSA) is 40.7 Å². The van der Waals surface area contributed by atoms with E-state index < -0.39 is 0 Å². The van der Waals surface area contributed by atoms with Crippen molar-refractivity contribution in [3.8, 4) is 0 Å². The summed E-state index contributed by atoms with van der Waals surface area (Å²) in [6.07, 6.45) is 1.24. The maximum Gasteiger partial charge on any atom is 0.124 e. The fourth-order valence-electron chi connectivity index (χ4n) is 2.64. The highest BCUT2D eigenvalue weighted by Gasteiger charge is 2.26. The maximum atomic E-state index is 4.73. The van der Waals surface area contributed by atoms with Crippen LogP contribution < -0.4 is 5.32 Å². The Balaban J connectivity index is 2.07. The zero-order valence-electron chi connectivity index (χ0n) is 10.7. The average molecular weight is 229 g/mol. The second kappa shape index (κ2) is 3.84. The van der Waals surface area contributed by atoms with E-state index in [1.807, 2.05) is 0 Å². The van der Waals surface area contributed by atoms with Crippen LogP contribution in [0.25, 0.3) is 11.0 Å². The first-order valence-electron chi connectivity index (χ1n) is 6.35. The van der Waals surface area contributed by atoms with Crippen LogP contribution in [0.2, 0.25) is 0 Å². The Bertz CT molecular complexity index is 517. The van der Waals surface area contributed by atoms with E-state index in [0.29, 0.717) is 12.0 Å². The Morgan fingerprint density at radius 3 is 2.71 bits per heavy atom. The summed E-state index contributed by atoms with van der Waals surface area (Å²) >= 11 is 0. The average Bonchev–Trinajstić information content (AvgIpc) is 2.85. The van der Waals surface area contributed by atoms with Crippen LogP contribution in [0, 0.1) is 19.8 Å². The molecular weight excluding hydrogens is 210 g/mol. The molecule has 1 aliphatic heterocycles. The van der Waals surface area contributed by atoms with Crippen LogP contribution >= 0.6 is 0 Å². The van der Waals surface area contributed by atoms with Crippen LogP contribution in [0.1, 0.15) is 36.3 Å². The molecule has 3 heteroatoms. The number of H-pyrrole nitrogens is 1. The van der Waals surface area contributed by atoms with E-state index >= 15 is 0 Å². The predicted molar refractivity (Wildman–Crippen MR) is 70.1 cm³/mol. The molecule has 3 rings (SSSR count). The normalized spacial score (nSPS) is 24.6. The van der Waals surface area contributed by atoms with E-state index in [4.69, 9.17) is 4.98 Å². The number of aromatic nitrogens is 2. The number of aromatic amines is 1. The minimum atomic E-state index is 0.392. The second-order valence-corrected chi connectivity index (χ2v) is 5.27. The number of imidazole rings is 1. The summed E-state index contributed by atoms with van der Waals surface area (Å²) < 4.78 is 0. The monoisotopic (exact) mass is 229 g/mol. The summed E-state index contributed by atoms with van der Waals surface area (Å²) in [7, 11) is 0. The highest BCUT2D eigenvalue weighted by molar-refractivity contribution is 5.77. The van der Waals surface area contributed by atoms with E-state index in [9.17, 15) is 0 Å². The summed E-state index contributed by atoms with van der Waals surface area (Å²) in [5.74, 6) is 1.76. The van der Waals surface area contributed by atoms with Crippen molar-refractivity contribution in [2.24, 2.45) is 5.92 Å². The van der Waals surface area contributed by atoms with Gasteiger partial charge >= 0.3 is 0 Å². The van der Waals surface area contributed by atoms with Crippen molar-refractivity contribution in [2.45, 2.75) is 33.2 Å². The summed E-state index contributed by atoms with van der Waals surface area (Å²) in [5.41, 5.74) is 4.87. The van der Waals surface area contributed by atoms with Crippen LogP contribution in [-0.2, 0) is 0 Å². The van der Waals surface area contributed by atoms with Gasteiger partial charge in [-0.1, -0.05) is 6.92 Å². The number of hydrogen-bond donors (Lipinski definition) is 2. The Morgan fingerprint density at radius 1 is 1.24 bits per heavy atom. The van der Waals surface area contributed by atoms with E-state index in [-0.39, 0.29) is 0 Å². The molecule has 17 heavy (non-hydrogen) atoms. The third kappa shape index (κ3) is 1.75. The fraction of sp³-hybridized carbons (Fsp3) is 0.500. The van der Waals surface area contributed by atoms with Gasteiger partial charge in [-0.05, 0) is 56.0 Å². The number of benzene rings is 1. The van der Waals surface area contributed by atoms with Gasteiger partial charge in [0, 0.05) is 0 Å². The van der Waals surface area contributed by atoms with Crippen molar-refractivity contribution in [1.82, 2.24) is 15.3 Å². The Kier molecular flexibility index (Phi) is 2.44. The highest BCUT2D eigenvalue weighted by Crippen LogP contribution is 2.29. The van der Waals surface area contributed by atoms with Gasteiger partial charge in [0.25, 0.3) is 0 Å². The zero-order valence-corrected chi connectivity index (χ0v) is 10.7. The smallest absolute Gasteiger partial charge is 0.124 e. The lowest BCUT2D eigenvalue weighted by molar-refractivity contribution is 0.484. The predicted octanol–water partition coefficient (Wildman–Crippen LogP) is 2.85. The van der Waals surface area contributed by atoms with E-state index in [1.54, 1.807) is 0 Å². The molecule has 90 valence electrons. The Labute approximate surface area is 102 Å². The lowest BCUT2D eigenvalue weighted by atomic mass is 10.0. The van der Waals surface area contributed by atoms with Gasteiger partial charge in [-0.3, -0.25) is 0 Å². The molecule has 2 unspecified atom stereocenters. The van der Waals surface area contributed by atoms with Crippen LogP contribution in [0.5, 0.6) is 0 Å². The molecule has 2 aromatic rings. The minimum Gasteiger partial charge on any atom is -0.341 e. The molecule has 2 atom stereocenters. The van der Waals surface area contributed by atoms with Crippen molar-refractivity contribution in [1.29, 1.82) is 0 Å². The highest BCUT2D eigenvalue weighted by atomic mass is 15.0. The Hall–Kier alpha value is -1.35. The quantitative estimate of drug-likeness (QED) is 0.789. The molecule has 1 aromatic carbocycles. The summed E-state index contributed by atoms with van der Waals surface area (Å²) in [6.45, 7) is 7.67. The maximum absolute atomic E-state index is 4.73. The molecule has 1 aromatic heterocycles. The molecule has 3 nitrogen and oxygen atoms in total. The van der Waals surface area contributed by atoms with Crippen molar-refractivity contribution >= 4 is 11.0 Å². The largest absolute Gasteiger partial charge is 0.341 e. The number of nitrogens with zero attached hydrogens (tertiary/aromatic N) is 1. The number of fused-ring (bicyclic) bond motifs is 1. The molecule has 2 N–H and O–H groups in total. The van der Waals surface area contributed by atoms with Crippen LogP contribution in [0.15, 0.2) is 12.1 Å². The molecule has 1 saturated heterocycles. The van der Waals surface area contributed by atoms with E-state index in [2.05, 4.69) is 43.2 Å². The SMILES string of the molecule is Cc1cc2nc(C3NCCC3C)[nH]c2cc1C. The lowest BCUT2D eigenvalue weighted by Gasteiger charge is -2.11. The summed E-state index contributed by atoms with van der Waals surface area (Å²) in [5, 5.41) is 3.52. The van der Waals surface area contributed by atoms with E-state index in [1.165, 1.54) is 17.5 Å². The molecule has 1 fully saturated rings. The molecule has 0 saturated carbocycles. The van der Waals surface area contributed by atoms with Crippen molar-refractivity contribution in [3.05, 3.63) is 29.1 Å². The number of nitrogens with one attached hydrogen (secondary N) is 2. The summed E-state index contributed by atoms with van der Waals surface area (Å²) in [4.78, 5) is 8.19. The van der Waals surface area contributed by atoms with Gasteiger partial charge in [0.1, 0.15) is 5.82 Å². The molecule has 0 radical (unpaired) electrons. The molecule has 0 aliphatic carbocycles. The van der Waals surface area contributed by atoms with Crippen LogP contribution in [0.4, 0.5) is 0 Å². The molecule has 0 spiro atoms. The van der Waals surface area contributed by atoms with Gasteiger partial charge in [-0.15, -0.1) is 0 Å². The molecule has 1 aliphatic rings. The zero-order chi connectivity index (χ0) is 12.0. The molecule has 2 heterocycles. The van der Waals surface area contributed by atoms with Gasteiger partial charge in [-0.2, -0.15) is 0 Å². The molecular formula is C14H19N3. The van der Waals surface area contributed by atoms with Crippen molar-refractivity contribution < 1.29 is 0 Å². The fourth-order valence-corrected chi connectivity index (χ4v) is 2.64. The van der Waals surface area contributed by atoms with Gasteiger partial charge in [0.15, 0.2) is 0 Å². The van der Waals surface area contributed by atoms with Gasteiger partial charge in [0.05, 0.1) is 17.1 Å². The molecule has 0 bridgehead atoms. The van der Waals surface area contributed by atoms with Crippen LogP contribution in [0.3, 0.4) is 0 Å². The number of aryl methyl sites for hydroxylation is 2.